The van der Waals surface area contributed by atoms with Crippen LogP contribution in [0, 0.1) is 16.7 Å². The molecule has 0 aromatic heterocycles. The maximum Gasteiger partial charge on any atom is 0.0780 e. The van der Waals surface area contributed by atoms with Crippen LogP contribution in [0.25, 0.3) is 0 Å². The van der Waals surface area contributed by atoms with Crippen LogP contribution in [0.1, 0.15) is 95.9 Å². The van der Waals surface area contributed by atoms with Gasteiger partial charge in [-0.25, -0.2) is 0 Å². The summed E-state index contributed by atoms with van der Waals surface area (Å²) in [5.74, 6) is 0.590. The molecule has 0 saturated carbocycles. The lowest BCUT2D eigenvalue weighted by Crippen LogP contribution is -2.52. The van der Waals surface area contributed by atoms with Crippen LogP contribution in [0.5, 0.6) is 0 Å². The first kappa shape index (κ1) is 27.8. The zero-order valence-electron chi connectivity index (χ0n) is 21.1. The van der Waals surface area contributed by atoms with Crippen molar-refractivity contribution in [3.63, 3.8) is 0 Å². The fourth-order valence-corrected chi connectivity index (χ4v) is 2.59. The fraction of sp³-hybridized carbons (Fsp3) is 1.00. The molecule has 0 aromatic carbocycles. The van der Waals surface area contributed by atoms with E-state index in [1.807, 2.05) is 6.92 Å². The molecule has 0 fully saturated rings. The Bertz CT molecular complexity index is 441. The van der Waals surface area contributed by atoms with Gasteiger partial charge in [0.2, 0.25) is 0 Å². The Balaban J connectivity index is 4.51. The van der Waals surface area contributed by atoms with E-state index in [4.69, 9.17) is 19.9 Å². The van der Waals surface area contributed by atoms with Crippen molar-refractivity contribution in [1.29, 1.82) is 0 Å². The van der Waals surface area contributed by atoms with Gasteiger partial charge in [0.05, 0.1) is 23.9 Å². The molecule has 0 spiro atoms. The van der Waals surface area contributed by atoms with E-state index < -0.39 is 0 Å². The molecular formula is C24H51NO3. The molecule has 0 saturated heterocycles. The van der Waals surface area contributed by atoms with E-state index in [-0.39, 0.29) is 34.2 Å². The quantitative estimate of drug-likeness (QED) is 0.398. The van der Waals surface area contributed by atoms with Crippen molar-refractivity contribution >= 4 is 0 Å². The Labute approximate surface area is 176 Å². The van der Waals surface area contributed by atoms with Crippen molar-refractivity contribution in [2.75, 3.05) is 19.8 Å². The molecule has 3 atom stereocenters. The van der Waals surface area contributed by atoms with Gasteiger partial charge in [-0.3, -0.25) is 0 Å². The number of hydrogen-bond donors (Lipinski definition) is 1. The minimum absolute atomic E-state index is 0.0251. The summed E-state index contributed by atoms with van der Waals surface area (Å²) in [5, 5.41) is 0. The van der Waals surface area contributed by atoms with E-state index in [9.17, 15) is 0 Å². The van der Waals surface area contributed by atoms with Crippen LogP contribution >= 0.6 is 0 Å². The van der Waals surface area contributed by atoms with Gasteiger partial charge in [0.1, 0.15) is 0 Å². The standard InChI is InChI=1S/C24H51NO3/c1-13-18(2)16-27-23(9,10)21(5,6)14-15-26-19(3)17-28-24(11,12)22(7,8)20(4)25/h18-20H,13-17,25H2,1-12H3. The highest BCUT2D eigenvalue weighted by molar-refractivity contribution is 4.93. The smallest absolute Gasteiger partial charge is 0.0780 e. The summed E-state index contributed by atoms with van der Waals surface area (Å²) in [6, 6.07) is 0.0529. The van der Waals surface area contributed by atoms with E-state index >= 15 is 0 Å². The summed E-state index contributed by atoms with van der Waals surface area (Å²) in [7, 11) is 0. The number of hydrogen-bond acceptors (Lipinski definition) is 4. The molecule has 0 amide bonds. The number of nitrogens with two attached hydrogens (primary N) is 1. The first-order valence-electron chi connectivity index (χ1n) is 11.1. The highest BCUT2D eigenvalue weighted by Gasteiger charge is 2.41. The van der Waals surface area contributed by atoms with E-state index in [0.29, 0.717) is 19.1 Å². The van der Waals surface area contributed by atoms with E-state index in [1.54, 1.807) is 0 Å². The highest BCUT2D eigenvalue weighted by atomic mass is 16.5. The molecule has 0 aromatic rings. The second-order valence-electron chi connectivity index (χ2n) is 11.0. The number of ether oxygens (including phenoxy) is 3. The molecule has 170 valence electrons. The summed E-state index contributed by atoms with van der Waals surface area (Å²) in [6.45, 7) is 28.1. The zero-order valence-corrected chi connectivity index (χ0v) is 21.1. The Morgan fingerprint density at radius 3 is 1.75 bits per heavy atom. The summed E-state index contributed by atoms with van der Waals surface area (Å²) in [5.41, 5.74) is 5.56. The zero-order chi connectivity index (χ0) is 22.4. The summed E-state index contributed by atoms with van der Waals surface area (Å²) >= 11 is 0. The molecular weight excluding hydrogens is 350 g/mol. The van der Waals surface area contributed by atoms with E-state index in [0.717, 1.165) is 19.4 Å². The Kier molecular flexibility index (Phi) is 10.7. The third kappa shape index (κ3) is 7.93. The minimum atomic E-state index is -0.316. The van der Waals surface area contributed by atoms with Crippen LogP contribution in [-0.4, -0.2) is 43.2 Å². The predicted octanol–water partition coefficient (Wildman–Crippen LogP) is 5.82. The lowest BCUT2D eigenvalue weighted by atomic mass is 9.72. The molecule has 0 aliphatic heterocycles. The van der Waals surface area contributed by atoms with Gasteiger partial charge < -0.3 is 19.9 Å². The van der Waals surface area contributed by atoms with Gasteiger partial charge in [-0.2, -0.15) is 0 Å². The SMILES string of the molecule is CCC(C)COC(C)(C)C(C)(C)CCOC(C)COC(C)(C)C(C)(C)C(C)N. The molecule has 0 bridgehead atoms. The second-order valence-corrected chi connectivity index (χ2v) is 11.0. The second kappa shape index (κ2) is 10.7. The van der Waals surface area contributed by atoms with Crippen molar-refractivity contribution in [3.05, 3.63) is 0 Å². The van der Waals surface area contributed by atoms with Crippen LogP contribution in [0.3, 0.4) is 0 Å². The van der Waals surface area contributed by atoms with Gasteiger partial charge >= 0.3 is 0 Å². The van der Waals surface area contributed by atoms with Gasteiger partial charge in [-0.05, 0) is 59.3 Å². The van der Waals surface area contributed by atoms with Gasteiger partial charge in [0.25, 0.3) is 0 Å². The van der Waals surface area contributed by atoms with E-state index in [1.165, 1.54) is 0 Å². The summed E-state index contributed by atoms with van der Waals surface area (Å²) in [4.78, 5) is 0. The Morgan fingerprint density at radius 2 is 1.29 bits per heavy atom. The van der Waals surface area contributed by atoms with Gasteiger partial charge in [-0.15, -0.1) is 0 Å². The van der Waals surface area contributed by atoms with Gasteiger partial charge in [-0.1, -0.05) is 48.0 Å². The predicted molar refractivity (Wildman–Crippen MR) is 121 cm³/mol. The maximum absolute atomic E-state index is 6.26. The lowest BCUT2D eigenvalue weighted by molar-refractivity contribution is -0.141. The Morgan fingerprint density at radius 1 is 0.786 bits per heavy atom. The summed E-state index contributed by atoms with van der Waals surface area (Å²) in [6.07, 6.45) is 2.13. The Hall–Kier alpha value is -0.160. The maximum atomic E-state index is 6.26. The molecule has 0 radical (unpaired) electrons. The average molecular weight is 402 g/mol. The van der Waals surface area contributed by atoms with Crippen LogP contribution in [-0.2, 0) is 14.2 Å². The summed E-state index contributed by atoms with van der Waals surface area (Å²) < 4.78 is 18.6. The first-order valence-corrected chi connectivity index (χ1v) is 11.1. The third-order valence-electron chi connectivity index (χ3n) is 7.55. The lowest BCUT2D eigenvalue weighted by Gasteiger charge is -2.44. The molecule has 0 rings (SSSR count). The topological polar surface area (TPSA) is 53.7 Å². The van der Waals surface area contributed by atoms with Gasteiger partial charge in [0, 0.05) is 24.7 Å². The number of rotatable bonds is 14. The molecule has 4 nitrogen and oxygen atoms in total. The van der Waals surface area contributed by atoms with Gasteiger partial charge in [0.15, 0.2) is 0 Å². The fourth-order valence-electron chi connectivity index (χ4n) is 2.59. The van der Waals surface area contributed by atoms with Crippen LogP contribution in [0.4, 0.5) is 0 Å². The average Bonchev–Trinajstić information content (AvgIpc) is 2.57. The van der Waals surface area contributed by atoms with Crippen LogP contribution in [0.2, 0.25) is 0 Å². The monoisotopic (exact) mass is 401 g/mol. The molecule has 3 unspecified atom stereocenters. The molecule has 2 N–H and O–H groups in total. The molecule has 28 heavy (non-hydrogen) atoms. The largest absolute Gasteiger partial charge is 0.376 e. The van der Waals surface area contributed by atoms with Crippen molar-refractivity contribution in [2.45, 2.75) is 119 Å². The minimum Gasteiger partial charge on any atom is -0.376 e. The molecule has 0 heterocycles. The van der Waals surface area contributed by atoms with E-state index in [2.05, 4.69) is 76.2 Å². The van der Waals surface area contributed by atoms with Crippen molar-refractivity contribution in [1.82, 2.24) is 0 Å². The van der Waals surface area contributed by atoms with Crippen molar-refractivity contribution < 1.29 is 14.2 Å². The molecule has 0 aliphatic carbocycles. The van der Waals surface area contributed by atoms with Crippen molar-refractivity contribution in [3.8, 4) is 0 Å². The first-order chi connectivity index (χ1) is 12.5. The van der Waals surface area contributed by atoms with Crippen LogP contribution < -0.4 is 5.73 Å². The molecule has 4 heteroatoms. The van der Waals surface area contributed by atoms with Crippen LogP contribution in [0.15, 0.2) is 0 Å². The third-order valence-corrected chi connectivity index (χ3v) is 7.55. The normalized spacial score (nSPS) is 17.5. The highest BCUT2D eigenvalue weighted by Crippen LogP contribution is 2.38. The van der Waals surface area contributed by atoms with Crippen molar-refractivity contribution in [2.24, 2.45) is 22.5 Å². The molecule has 0 aliphatic rings.